The molecular formula is C14H9ClN2O2S2. The molecule has 7 heteroatoms. The van der Waals surface area contributed by atoms with E-state index in [4.69, 9.17) is 11.6 Å². The molecule has 0 saturated carbocycles. The number of Topliss-reactive ketones (excluding diaryl/α,β-unsaturated/α-hetero) is 1. The van der Waals surface area contributed by atoms with Crippen LogP contribution in [0.3, 0.4) is 0 Å². The number of benzene rings is 1. The first kappa shape index (κ1) is 14.3. The van der Waals surface area contributed by atoms with E-state index in [2.05, 4.69) is 5.10 Å². The molecule has 1 aliphatic heterocycles. The molecule has 1 amide bonds. The highest BCUT2D eigenvalue weighted by atomic mass is 35.5. The first-order chi connectivity index (χ1) is 10.1. The molecule has 2 heterocycles. The van der Waals surface area contributed by atoms with Gasteiger partial charge in [0.25, 0.3) is 5.91 Å². The molecule has 0 bridgehead atoms. The summed E-state index contributed by atoms with van der Waals surface area (Å²) in [6.07, 6.45) is 0. The summed E-state index contributed by atoms with van der Waals surface area (Å²) in [5.41, 5.74) is 0.598. The van der Waals surface area contributed by atoms with Crippen molar-refractivity contribution in [2.45, 2.75) is 0 Å². The van der Waals surface area contributed by atoms with Crippen LogP contribution in [0.1, 0.15) is 9.67 Å². The first-order valence-electron chi connectivity index (χ1n) is 6.03. The zero-order valence-electron chi connectivity index (χ0n) is 10.7. The number of ketones is 1. The van der Waals surface area contributed by atoms with E-state index in [0.29, 0.717) is 20.6 Å². The van der Waals surface area contributed by atoms with E-state index >= 15 is 0 Å². The van der Waals surface area contributed by atoms with Gasteiger partial charge in [0.05, 0.1) is 16.3 Å². The van der Waals surface area contributed by atoms with Gasteiger partial charge in [-0.15, -0.1) is 11.3 Å². The topological polar surface area (TPSA) is 49.7 Å². The van der Waals surface area contributed by atoms with Crippen molar-refractivity contribution in [3.8, 4) is 0 Å². The third-order valence-electron chi connectivity index (χ3n) is 2.77. The van der Waals surface area contributed by atoms with Crippen LogP contribution in [0.15, 0.2) is 46.9 Å². The normalized spacial score (nSPS) is 15.0. The van der Waals surface area contributed by atoms with E-state index in [-0.39, 0.29) is 17.4 Å². The van der Waals surface area contributed by atoms with Crippen LogP contribution >= 0.6 is 34.7 Å². The molecule has 0 aliphatic carbocycles. The van der Waals surface area contributed by atoms with Crippen molar-refractivity contribution < 1.29 is 9.59 Å². The van der Waals surface area contributed by atoms with Crippen molar-refractivity contribution in [1.82, 2.24) is 0 Å². The fraction of sp³-hybridized carbons (Fsp3) is 0.0714. The molecule has 0 spiro atoms. The van der Waals surface area contributed by atoms with E-state index in [9.17, 15) is 9.59 Å². The zero-order valence-corrected chi connectivity index (χ0v) is 13.0. The number of anilines is 1. The Balaban J connectivity index is 1.93. The summed E-state index contributed by atoms with van der Waals surface area (Å²) in [4.78, 5) is 24.9. The minimum atomic E-state index is -0.162. The van der Waals surface area contributed by atoms with E-state index < -0.39 is 0 Å². The van der Waals surface area contributed by atoms with Crippen molar-refractivity contribution in [3.05, 3.63) is 51.7 Å². The quantitative estimate of drug-likeness (QED) is 0.803. The molecule has 1 aliphatic rings. The first-order valence-corrected chi connectivity index (χ1v) is 8.27. The van der Waals surface area contributed by atoms with Gasteiger partial charge in [0.15, 0.2) is 5.04 Å². The molecule has 0 atom stereocenters. The summed E-state index contributed by atoms with van der Waals surface area (Å²) >= 11 is 8.37. The summed E-state index contributed by atoms with van der Waals surface area (Å²) in [5.74, 6) is -0.120. The van der Waals surface area contributed by atoms with Gasteiger partial charge in [-0.05, 0) is 35.7 Å². The highest BCUT2D eigenvalue weighted by Gasteiger charge is 2.27. The molecule has 106 valence electrons. The lowest BCUT2D eigenvalue weighted by Gasteiger charge is -2.22. The Morgan fingerprint density at radius 2 is 2.00 bits per heavy atom. The van der Waals surface area contributed by atoms with E-state index in [1.165, 1.54) is 28.1 Å². The molecule has 21 heavy (non-hydrogen) atoms. The van der Waals surface area contributed by atoms with Crippen LogP contribution in [-0.2, 0) is 4.79 Å². The molecule has 0 saturated heterocycles. The minimum absolute atomic E-state index is 0.151. The van der Waals surface area contributed by atoms with Gasteiger partial charge in [-0.2, -0.15) is 10.1 Å². The van der Waals surface area contributed by atoms with Gasteiger partial charge in [-0.3, -0.25) is 9.59 Å². The van der Waals surface area contributed by atoms with Crippen LogP contribution in [0.25, 0.3) is 0 Å². The van der Waals surface area contributed by atoms with Crippen LogP contribution in [-0.4, -0.2) is 22.5 Å². The van der Waals surface area contributed by atoms with Gasteiger partial charge in [0.1, 0.15) is 0 Å². The maximum Gasteiger partial charge on any atom is 0.257 e. The van der Waals surface area contributed by atoms with Gasteiger partial charge >= 0.3 is 0 Å². The average molecular weight is 337 g/mol. The Kier molecular flexibility index (Phi) is 4.10. The van der Waals surface area contributed by atoms with Crippen molar-refractivity contribution in [2.24, 2.45) is 5.10 Å². The molecule has 4 nitrogen and oxygen atoms in total. The number of hydrogen-bond donors (Lipinski definition) is 0. The smallest absolute Gasteiger partial charge is 0.257 e. The molecule has 0 radical (unpaired) electrons. The lowest BCUT2D eigenvalue weighted by atomic mass is 10.3. The fourth-order valence-electron chi connectivity index (χ4n) is 1.77. The molecule has 0 unspecified atom stereocenters. The van der Waals surface area contributed by atoms with Crippen LogP contribution in [0.5, 0.6) is 0 Å². The number of hydrazone groups is 1. The summed E-state index contributed by atoms with van der Waals surface area (Å²) in [6, 6.07) is 10.3. The SMILES string of the molecule is O=C(C1=NN(c2ccc(Cl)cc2)C(=O)CS1)c1cccs1. The van der Waals surface area contributed by atoms with Crippen LogP contribution in [0.2, 0.25) is 5.02 Å². The molecule has 1 aromatic carbocycles. The molecule has 3 rings (SSSR count). The Morgan fingerprint density at radius 3 is 2.67 bits per heavy atom. The number of rotatable bonds is 3. The lowest BCUT2D eigenvalue weighted by molar-refractivity contribution is -0.116. The van der Waals surface area contributed by atoms with Crippen LogP contribution in [0, 0.1) is 0 Å². The van der Waals surface area contributed by atoms with E-state index in [1.54, 1.807) is 30.3 Å². The van der Waals surface area contributed by atoms with Gasteiger partial charge in [0, 0.05) is 5.02 Å². The minimum Gasteiger partial charge on any atom is -0.285 e. The fourth-order valence-corrected chi connectivity index (χ4v) is 3.39. The van der Waals surface area contributed by atoms with Crippen molar-refractivity contribution in [1.29, 1.82) is 0 Å². The number of thiophene rings is 1. The molecule has 0 N–H and O–H groups in total. The third-order valence-corrected chi connectivity index (χ3v) is 4.82. The van der Waals surface area contributed by atoms with Crippen molar-refractivity contribution in [2.75, 3.05) is 10.8 Å². The molecule has 2 aromatic rings. The summed E-state index contributed by atoms with van der Waals surface area (Å²) in [5, 5.41) is 8.20. The number of hydrogen-bond acceptors (Lipinski definition) is 5. The highest BCUT2D eigenvalue weighted by molar-refractivity contribution is 8.16. The second-order valence-electron chi connectivity index (χ2n) is 4.18. The summed E-state index contributed by atoms with van der Waals surface area (Å²) in [6.45, 7) is 0. The van der Waals surface area contributed by atoms with Crippen molar-refractivity contribution >= 4 is 57.1 Å². The number of amides is 1. The second kappa shape index (κ2) is 6.01. The Bertz CT molecular complexity index is 711. The third kappa shape index (κ3) is 3.02. The monoisotopic (exact) mass is 336 g/mol. The molecular weight excluding hydrogens is 328 g/mol. The Hall–Kier alpha value is -1.63. The van der Waals surface area contributed by atoms with Crippen molar-refractivity contribution in [3.63, 3.8) is 0 Å². The van der Waals surface area contributed by atoms with Gasteiger partial charge in [0.2, 0.25) is 5.78 Å². The predicted octanol–water partition coefficient (Wildman–Crippen LogP) is 3.68. The average Bonchev–Trinajstić information content (AvgIpc) is 3.02. The number of thioether (sulfide) groups is 1. The zero-order chi connectivity index (χ0) is 14.8. The van der Waals surface area contributed by atoms with Crippen LogP contribution in [0.4, 0.5) is 5.69 Å². The second-order valence-corrected chi connectivity index (χ2v) is 6.53. The Morgan fingerprint density at radius 1 is 1.24 bits per heavy atom. The number of halogens is 1. The summed E-state index contributed by atoms with van der Waals surface area (Å²) in [7, 11) is 0. The van der Waals surface area contributed by atoms with Gasteiger partial charge in [-0.25, -0.2) is 0 Å². The largest absolute Gasteiger partial charge is 0.285 e. The number of carbonyl (C=O) groups is 2. The van der Waals surface area contributed by atoms with E-state index in [0.717, 1.165) is 0 Å². The molecule has 0 fully saturated rings. The van der Waals surface area contributed by atoms with Gasteiger partial charge < -0.3 is 0 Å². The maximum atomic E-state index is 12.3. The predicted molar refractivity (Wildman–Crippen MR) is 87.5 cm³/mol. The van der Waals surface area contributed by atoms with E-state index in [1.807, 2.05) is 11.4 Å². The highest BCUT2D eigenvalue weighted by Crippen LogP contribution is 2.25. The van der Waals surface area contributed by atoms with Crippen LogP contribution < -0.4 is 5.01 Å². The maximum absolute atomic E-state index is 12.3. The van der Waals surface area contributed by atoms with Gasteiger partial charge in [-0.1, -0.05) is 29.4 Å². The lowest BCUT2D eigenvalue weighted by Crippen LogP contribution is -2.34. The Labute approximate surface area is 134 Å². The number of carbonyl (C=O) groups excluding carboxylic acids is 2. The standard InChI is InChI=1S/C14H9ClN2O2S2/c15-9-3-5-10(6-4-9)17-12(18)8-21-14(16-17)13(19)11-2-1-7-20-11/h1-7H,8H2. The summed E-state index contributed by atoms with van der Waals surface area (Å²) < 4.78 is 0. The molecule has 1 aromatic heterocycles. The number of nitrogens with zero attached hydrogens (tertiary/aromatic N) is 2.